The molecule has 0 saturated heterocycles. The van der Waals surface area contributed by atoms with Crippen LogP contribution >= 0.6 is 0 Å². The fourth-order valence-corrected chi connectivity index (χ4v) is 2.16. The maximum atomic E-state index is 12.3. The standard InChI is InChI=1S/C16H27N5O9/c1-6(19-14(27)8(17)5-11(24)25)13(26)21-12(7(2)22)15(28)20-9(16(29)30)3-4-10(18)23/h6-9,12,22H,3-5,17H2,1-2H3,(H2,18,23)(H,19,27)(H,20,28)(H,21,26)(H,24,25)(H,29,30). The van der Waals surface area contributed by atoms with Crippen LogP contribution in [0.25, 0.3) is 0 Å². The van der Waals surface area contributed by atoms with Crippen LogP contribution in [0, 0.1) is 0 Å². The van der Waals surface area contributed by atoms with Crippen LogP contribution in [0.5, 0.6) is 0 Å². The van der Waals surface area contributed by atoms with Gasteiger partial charge in [0.1, 0.15) is 18.1 Å². The van der Waals surface area contributed by atoms with Gasteiger partial charge in [0, 0.05) is 6.42 Å². The van der Waals surface area contributed by atoms with Gasteiger partial charge in [0.15, 0.2) is 0 Å². The van der Waals surface area contributed by atoms with Crippen molar-refractivity contribution < 1.29 is 44.1 Å². The van der Waals surface area contributed by atoms with Gasteiger partial charge in [0.05, 0.1) is 18.6 Å². The molecule has 0 radical (unpaired) electrons. The number of aliphatic carboxylic acids is 2. The molecule has 5 atom stereocenters. The Balaban J connectivity index is 5.03. The summed E-state index contributed by atoms with van der Waals surface area (Å²) in [5, 5.41) is 33.9. The lowest BCUT2D eigenvalue weighted by Gasteiger charge is -2.25. The number of amides is 4. The Bertz CT molecular complexity index is 682. The van der Waals surface area contributed by atoms with Gasteiger partial charge in [-0.15, -0.1) is 0 Å². The van der Waals surface area contributed by atoms with Crippen molar-refractivity contribution in [3.8, 4) is 0 Å². The van der Waals surface area contributed by atoms with Gasteiger partial charge in [-0.1, -0.05) is 0 Å². The summed E-state index contributed by atoms with van der Waals surface area (Å²) in [6.45, 7) is 2.39. The molecule has 170 valence electrons. The Morgan fingerprint density at radius 2 is 1.47 bits per heavy atom. The summed E-state index contributed by atoms with van der Waals surface area (Å²) in [6.07, 6.45) is -2.73. The molecule has 0 saturated carbocycles. The minimum absolute atomic E-state index is 0.301. The number of aliphatic hydroxyl groups is 1. The molecule has 0 aromatic heterocycles. The van der Waals surface area contributed by atoms with Gasteiger partial charge in [-0.25, -0.2) is 4.79 Å². The van der Waals surface area contributed by atoms with Crippen molar-refractivity contribution in [3.63, 3.8) is 0 Å². The molecule has 0 aliphatic heterocycles. The number of carbonyl (C=O) groups excluding carboxylic acids is 4. The van der Waals surface area contributed by atoms with Crippen LogP contribution in [0.15, 0.2) is 0 Å². The van der Waals surface area contributed by atoms with E-state index in [-0.39, 0.29) is 12.8 Å². The summed E-state index contributed by atoms with van der Waals surface area (Å²) >= 11 is 0. The summed E-state index contributed by atoms with van der Waals surface area (Å²) in [6, 6.07) is -5.74. The van der Waals surface area contributed by atoms with Crippen molar-refractivity contribution in [2.45, 2.75) is 63.4 Å². The largest absolute Gasteiger partial charge is 0.481 e. The molecule has 0 aromatic rings. The normalized spacial score (nSPS) is 15.6. The summed E-state index contributed by atoms with van der Waals surface area (Å²) in [5.41, 5.74) is 10.3. The number of hydrogen-bond donors (Lipinski definition) is 8. The van der Waals surface area contributed by atoms with Crippen LogP contribution in [0.3, 0.4) is 0 Å². The van der Waals surface area contributed by atoms with E-state index in [0.29, 0.717) is 0 Å². The number of carbonyl (C=O) groups is 6. The summed E-state index contributed by atoms with van der Waals surface area (Å²) in [5.74, 6) is -6.43. The first-order chi connectivity index (χ1) is 13.8. The monoisotopic (exact) mass is 433 g/mol. The Labute approximate surface area is 171 Å². The van der Waals surface area contributed by atoms with Crippen molar-refractivity contribution in [1.29, 1.82) is 0 Å². The first-order valence-corrected chi connectivity index (χ1v) is 8.83. The molecule has 0 bridgehead atoms. The zero-order chi connectivity index (χ0) is 23.6. The van der Waals surface area contributed by atoms with Crippen molar-refractivity contribution in [1.82, 2.24) is 16.0 Å². The van der Waals surface area contributed by atoms with Crippen LogP contribution in [-0.4, -0.2) is 81.2 Å². The Hall–Kier alpha value is -3.26. The maximum Gasteiger partial charge on any atom is 0.326 e. The molecular weight excluding hydrogens is 406 g/mol. The van der Waals surface area contributed by atoms with E-state index < -0.39 is 72.3 Å². The van der Waals surface area contributed by atoms with Crippen molar-refractivity contribution >= 4 is 35.6 Å². The Kier molecular flexibility index (Phi) is 11.0. The molecular formula is C16H27N5O9. The molecule has 5 unspecified atom stereocenters. The predicted molar refractivity (Wildman–Crippen MR) is 99.4 cm³/mol. The van der Waals surface area contributed by atoms with Gasteiger partial charge in [0.2, 0.25) is 23.6 Å². The highest BCUT2D eigenvalue weighted by Gasteiger charge is 2.31. The second kappa shape index (κ2) is 12.3. The molecule has 0 rings (SSSR count). The number of hydrogen-bond acceptors (Lipinski definition) is 8. The topological polar surface area (TPSA) is 251 Å². The number of nitrogens with one attached hydrogen (secondary N) is 3. The second-order valence-corrected chi connectivity index (χ2v) is 6.57. The van der Waals surface area contributed by atoms with Crippen LogP contribution in [0.1, 0.15) is 33.1 Å². The van der Waals surface area contributed by atoms with Gasteiger partial charge in [-0.3, -0.25) is 24.0 Å². The minimum atomic E-state index is -1.58. The maximum absolute atomic E-state index is 12.3. The van der Waals surface area contributed by atoms with Gasteiger partial charge >= 0.3 is 11.9 Å². The molecule has 14 heteroatoms. The first-order valence-electron chi connectivity index (χ1n) is 8.83. The van der Waals surface area contributed by atoms with E-state index in [4.69, 9.17) is 21.7 Å². The highest BCUT2D eigenvalue weighted by Crippen LogP contribution is 2.02. The number of carboxylic acid groups (broad SMARTS) is 2. The molecule has 0 heterocycles. The quantitative estimate of drug-likeness (QED) is 0.140. The zero-order valence-electron chi connectivity index (χ0n) is 16.5. The SMILES string of the molecule is CC(NC(=O)C(N)CC(=O)O)C(=O)NC(C(=O)NC(CCC(N)=O)C(=O)O)C(C)O. The third-order valence-electron chi connectivity index (χ3n) is 3.84. The summed E-state index contributed by atoms with van der Waals surface area (Å²) in [4.78, 5) is 68.9. The minimum Gasteiger partial charge on any atom is -0.481 e. The third kappa shape index (κ3) is 9.79. The number of carboxylic acids is 2. The highest BCUT2D eigenvalue weighted by molar-refractivity contribution is 5.94. The third-order valence-corrected chi connectivity index (χ3v) is 3.84. The lowest BCUT2D eigenvalue weighted by molar-refractivity contribution is -0.143. The number of primary amides is 1. The van der Waals surface area contributed by atoms with E-state index in [1.54, 1.807) is 0 Å². The number of aliphatic hydroxyl groups excluding tert-OH is 1. The van der Waals surface area contributed by atoms with E-state index in [2.05, 4.69) is 16.0 Å². The molecule has 30 heavy (non-hydrogen) atoms. The van der Waals surface area contributed by atoms with Crippen LogP contribution < -0.4 is 27.4 Å². The molecule has 0 spiro atoms. The van der Waals surface area contributed by atoms with Crippen molar-refractivity contribution in [3.05, 3.63) is 0 Å². The lowest BCUT2D eigenvalue weighted by atomic mass is 10.1. The van der Waals surface area contributed by atoms with Gasteiger partial charge in [0.25, 0.3) is 0 Å². The van der Waals surface area contributed by atoms with Crippen molar-refractivity contribution in [2.24, 2.45) is 11.5 Å². The Morgan fingerprint density at radius 1 is 0.900 bits per heavy atom. The molecule has 10 N–H and O–H groups in total. The number of nitrogens with two attached hydrogens (primary N) is 2. The molecule has 0 aliphatic carbocycles. The van der Waals surface area contributed by atoms with E-state index in [1.165, 1.54) is 6.92 Å². The van der Waals surface area contributed by atoms with Gasteiger partial charge in [-0.2, -0.15) is 0 Å². The zero-order valence-corrected chi connectivity index (χ0v) is 16.5. The summed E-state index contributed by atoms with van der Waals surface area (Å²) in [7, 11) is 0. The average Bonchev–Trinajstić information content (AvgIpc) is 2.61. The van der Waals surface area contributed by atoms with Crippen LogP contribution in [0.2, 0.25) is 0 Å². The molecule has 0 aliphatic rings. The van der Waals surface area contributed by atoms with Gasteiger partial charge in [-0.05, 0) is 20.3 Å². The van der Waals surface area contributed by atoms with Crippen LogP contribution in [-0.2, 0) is 28.8 Å². The Morgan fingerprint density at radius 3 is 1.90 bits per heavy atom. The fourth-order valence-electron chi connectivity index (χ4n) is 2.16. The smallest absolute Gasteiger partial charge is 0.326 e. The molecule has 0 fully saturated rings. The van der Waals surface area contributed by atoms with Gasteiger partial charge < -0.3 is 42.7 Å². The molecule has 14 nitrogen and oxygen atoms in total. The van der Waals surface area contributed by atoms with E-state index in [9.17, 15) is 33.9 Å². The first kappa shape index (κ1) is 26.7. The van der Waals surface area contributed by atoms with E-state index in [0.717, 1.165) is 6.92 Å². The van der Waals surface area contributed by atoms with E-state index >= 15 is 0 Å². The lowest BCUT2D eigenvalue weighted by Crippen LogP contribution is -2.59. The van der Waals surface area contributed by atoms with Crippen molar-refractivity contribution in [2.75, 3.05) is 0 Å². The van der Waals surface area contributed by atoms with Crippen LogP contribution in [0.4, 0.5) is 0 Å². The fraction of sp³-hybridized carbons (Fsp3) is 0.625. The molecule has 4 amide bonds. The predicted octanol–water partition coefficient (Wildman–Crippen LogP) is -4.01. The number of rotatable bonds is 13. The highest BCUT2D eigenvalue weighted by atomic mass is 16.4. The average molecular weight is 433 g/mol. The second-order valence-electron chi connectivity index (χ2n) is 6.57. The van der Waals surface area contributed by atoms with E-state index in [1.807, 2.05) is 0 Å². The molecule has 0 aromatic carbocycles. The summed E-state index contributed by atoms with van der Waals surface area (Å²) < 4.78 is 0.